The van der Waals surface area contributed by atoms with E-state index in [1.165, 1.54) is 32.1 Å². The Balaban J connectivity index is 1.90. The first-order chi connectivity index (χ1) is 7.64. The van der Waals surface area contributed by atoms with Gasteiger partial charge in [0, 0.05) is 0 Å². The van der Waals surface area contributed by atoms with Crippen molar-refractivity contribution in [3.63, 3.8) is 0 Å². The molecule has 0 amide bonds. The summed E-state index contributed by atoms with van der Waals surface area (Å²) in [6, 6.07) is 0. The van der Waals surface area contributed by atoms with Crippen molar-refractivity contribution in [3.05, 3.63) is 0 Å². The minimum absolute atomic E-state index is 0.334. The van der Waals surface area contributed by atoms with Crippen LogP contribution in [0.15, 0.2) is 0 Å². The molecule has 3 nitrogen and oxygen atoms in total. The molecule has 3 heteroatoms. The third-order valence-electron chi connectivity index (χ3n) is 5.35. The molecule has 0 aromatic heterocycles. The average molecular weight is 224 g/mol. The van der Waals surface area contributed by atoms with Crippen molar-refractivity contribution < 1.29 is 14.6 Å². The summed E-state index contributed by atoms with van der Waals surface area (Å²) in [5.41, 5.74) is -0.334. The Morgan fingerprint density at radius 1 is 1.19 bits per heavy atom. The Morgan fingerprint density at radius 3 is 2.06 bits per heavy atom. The maximum Gasteiger partial charge on any atom is 0.506 e. The molecule has 4 bridgehead atoms. The van der Waals surface area contributed by atoms with E-state index < -0.39 is 6.16 Å². The van der Waals surface area contributed by atoms with Gasteiger partial charge < -0.3 is 9.84 Å². The molecule has 0 radical (unpaired) electrons. The highest BCUT2D eigenvalue weighted by molar-refractivity contribution is 5.58. The number of rotatable bonds is 2. The Labute approximate surface area is 96.2 Å². The van der Waals surface area contributed by atoms with Crippen LogP contribution >= 0.6 is 0 Å². The Bertz CT molecular complexity index is 282. The van der Waals surface area contributed by atoms with E-state index in [0.717, 1.165) is 18.3 Å². The average Bonchev–Trinajstić information content (AvgIpc) is 2.22. The fourth-order valence-electron chi connectivity index (χ4n) is 4.96. The van der Waals surface area contributed by atoms with Crippen molar-refractivity contribution in [1.29, 1.82) is 0 Å². The standard InChI is InChI=1S/C13H20O3/c1-2-13(16-12(14)15)10-4-8-3-9(6-10)7-11(13)5-8/h8-11H,2-7H2,1H3,(H,14,15). The van der Waals surface area contributed by atoms with E-state index in [-0.39, 0.29) is 5.60 Å². The topological polar surface area (TPSA) is 46.5 Å². The molecular formula is C13H20O3. The largest absolute Gasteiger partial charge is 0.506 e. The first kappa shape index (κ1) is 10.4. The van der Waals surface area contributed by atoms with Crippen molar-refractivity contribution >= 4 is 6.16 Å². The summed E-state index contributed by atoms with van der Waals surface area (Å²) in [6.45, 7) is 2.09. The molecule has 0 heterocycles. The van der Waals surface area contributed by atoms with E-state index in [1.54, 1.807) is 0 Å². The predicted molar refractivity (Wildman–Crippen MR) is 59.2 cm³/mol. The van der Waals surface area contributed by atoms with Crippen molar-refractivity contribution in [3.8, 4) is 0 Å². The molecule has 0 spiro atoms. The summed E-state index contributed by atoms with van der Waals surface area (Å²) < 4.78 is 5.38. The number of carboxylic acid groups (broad SMARTS) is 1. The van der Waals surface area contributed by atoms with Gasteiger partial charge in [-0.1, -0.05) is 6.92 Å². The molecule has 90 valence electrons. The minimum Gasteiger partial charge on any atom is -0.450 e. The van der Waals surface area contributed by atoms with Gasteiger partial charge in [-0.15, -0.1) is 0 Å². The molecule has 16 heavy (non-hydrogen) atoms. The highest BCUT2D eigenvalue weighted by Gasteiger charge is 2.58. The van der Waals surface area contributed by atoms with Gasteiger partial charge in [-0.2, -0.15) is 0 Å². The van der Waals surface area contributed by atoms with E-state index in [2.05, 4.69) is 6.92 Å². The SMILES string of the molecule is CCC1(OC(=O)O)C2CC3CC(C2)CC1C3. The molecule has 4 aliphatic carbocycles. The molecule has 0 atom stereocenters. The summed E-state index contributed by atoms with van der Waals surface area (Å²) >= 11 is 0. The van der Waals surface area contributed by atoms with Crippen LogP contribution in [0.1, 0.15) is 45.4 Å². The van der Waals surface area contributed by atoms with Crippen molar-refractivity contribution in [2.24, 2.45) is 23.7 Å². The van der Waals surface area contributed by atoms with E-state index in [0.29, 0.717) is 11.8 Å². The van der Waals surface area contributed by atoms with Gasteiger partial charge in [0.05, 0.1) is 0 Å². The summed E-state index contributed by atoms with van der Waals surface area (Å²) in [4.78, 5) is 10.9. The van der Waals surface area contributed by atoms with Gasteiger partial charge in [0.2, 0.25) is 0 Å². The number of hydrogen-bond donors (Lipinski definition) is 1. The van der Waals surface area contributed by atoms with Gasteiger partial charge in [0.15, 0.2) is 0 Å². The lowest BCUT2D eigenvalue weighted by molar-refractivity contribution is -0.182. The fourth-order valence-corrected chi connectivity index (χ4v) is 4.96. The van der Waals surface area contributed by atoms with Crippen LogP contribution in [0.4, 0.5) is 4.79 Å². The maximum atomic E-state index is 10.9. The van der Waals surface area contributed by atoms with Gasteiger partial charge in [0.25, 0.3) is 0 Å². The number of ether oxygens (including phenoxy) is 1. The van der Waals surface area contributed by atoms with Crippen LogP contribution in [0.3, 0.4) is 0 Å². The molecular weight excluding hydrogens is 204 g/mol. The van der Waals surface area contributed by atoms with E-state index in [9.17, 15) is 4.79 Å². The highest BCUT2D eigenvalue weighted by Crippen LogP contribution is 2.60. The molecule has 0 unspecified atom stereocenters. The Hall–Kier alpha value is -0.730. The lowest BCUT2D eigenvalue weighted by Gasteiger charge is -2.59. The van der Waals surface area contributed by atoms with Crippen LogP contribution in [0, 0.1) is 23.7 Å². The van der Waals surface area contributed by atoms with Crippen LogP contribution in [0.2, 0.25) is 0 Å². The zero-order chi connectivity index (χ0) is 11.3. The summed E-state index contributed by atoms with van der Waals surface area (Å²) in [6.07, 6.45) is 5.98. The monoisotopic (exact) mass is 224 g/mol. The van der Waals surface area contributed by atoms with Crippen LogP contribution in [-0.4, -0.2) is 16.9 Å². The Kier molecular flexibility index (Phi) is 2.20. The van der Waals surface area contributed by atoms with Gasteiger partial charge >= 0.3 is 6.16 Å². The summed E-state index contributed by atoms with van der Waals surface area (Å²) in [5.74, 6) is 2.73. The molecule has 0 aromatic rings. The quantitative estimate of drug-likeness (QED) is 0.732. The molecule has 4 aliphatic rings. The molecule has 4 saturated carbocycles. The third-order valence-corrected chi connectivity index (χ3v) is 5.35. The summed E-state index contributed by atoms with van der Waals surface area (Å²) in [5, 5.41) is 8.97. The lowest BCUT2D eigenvalue weighted by atomic mass is 9.49. The van der Waals surface area contributed by atoms with Gasteiger partial charge in [-0.3, -0.25) is 0 Å². The van der Waals surface area contributed by atoms with Gasteiger partial charge in [0.1, 0.15) is 5.60 Å². The zero-order valence-corrected chi connectivity index (χ0v) is 9.82. The molecule has 4 fully saturated rings. The Morgan fingerprint density at radius 2 is 1.69 bits per heavy atom. The second-order valence-corrected chi connectivity index (χ2v) is 5.98. The van der Waals surface area contributed by atoms with E-state index in [1.807, 2.05) is 0 Å². The molecule has 1 N–H and O–H groups in total. The molecule has 0 aliphatic heterocycles. The minimum atomic E-state index is -1.07. The molecule has 0 saturated heterocycles. The smallest absolute Gasteiger partial charge is 0.450 e. The van der Waals surface area contributed by atoms with Crippen molar-refractivity contribution in [2.45, 2.75) is 51.0 Å². The van der Waals surface area contributed by atoms with Crippen molar-refractivity contribution in [2.75, 3.05) is 0 Å². The molecule has 0 aromatic carbocycles. The van der Waals surface area contributed by atoms with Gasteiger partial charge in [-0.05, 0) is 62.2 Å². The second-order valence-electron chi connectivity index (χ2n) is 5.98. The van der Waals surface area contributed by atoms with Crippen LogP contribution < -0.4 is 0 Å². The number of carbonyl (C=O) groups is 1. The lowest BCUT2D eigenvalue weighted by Crippen LogP contribution is -2.59. The zero-order valence-electron chi connectivity index (χ0n) is 9.82. The fraction of sp³-hybridized carbons (Fsp3) is 0.923. The van der Waals surface area contributed by atoms with Crippen LogP contribution in [-0.2, 0) is 4.74 Å². The van der Waals surface area contributed by atoms with E-state index >= 15 is 0 Å². The van der Waals surface area contributed by atoms with Crippen LogP contribution in [0.5, 0.6) is 0 Å². The second kappa shape index (κ2) is 3.38. The number of hydrogen-bond acceptors (Lipinski definition) is 2. The first-order valence-corrected chi connectivity index (χ1v) is 6.56. The highest BCUT2D eigenvalue weighted by atomic mass is 16.7. The summed E-state index contributed by atoms with van der Waals surface area (Å²) in [7, 11) is 0. The molecule has 4 rings (SSSR count). The normalized spacial score (nSPS) is 49.3. The third kappa shape index (κ3) is 1.30. The van der Waals surface area contributed by atoms with Crippen molar-refractivity contribution in [1.82, 2.24) is 0 Å². The predicted octanol–water partition coefficient (Wildman–Crippen LogP) is 3.29. The maximum absolute atomic E-state index is 10.9. The van der Waals surface area contributed by atoms with E-state index in [4.69, 9.17) is 9.84 Å². The van der Waals surface area contributed by atoms with Crippen LogP contribution in [0.25, 0.3) is 0 Å². The van der Waals surface area contributed by atoms with Gasteiger partial charge in [-0.25, -0.2) is 4.79 Å². The first-order valence-electron chi connectivity index (χ1n) is 6.56.